The summed E-state index contributed by atoms with van der Waals surface area (Å²) in [6, 6.07) is 0. The van der Waals surface area contributed by atoms with Crippen molar-refractivity contribution < 1.29 is 19.4 Å². The average Bonchev–Trinajstić information content (AvgIpc) is 2.12. The maximum Gasteiger partial charge on any atom is 0.307 e. The molecule has 0 aromatic rings. The molecule has 0 aliphatic heterocycles. The Labute approximate surface area is 95.1 Å². The number of aliphatic carboxylic acids is 1. The molecule has 0 aliphatic rings. The van der Waals surface area contributed by atoms with Crippen LogP contribution < -0.4 is 11.1 Å². The quantitative estimate of drug-likeness (QED) is 0.446. The maximum atomic E-state index is 11.4. The molecule has 0 bridgehead atoms. The molecule has 0 rings (SSSR count). The third-order valence-electron chi connectivity index (χ3n) is 2.22. The van der Waals surface area contributed by atoms with Crippen molar-refractivity contribution in [2.75, 3.05) is 13.5 Å². The fourth-order valence-corrected chi connectivity index (χ4v) is 1.21. The van der Waals surface area contributed by atoms with Crippen molar-refractivity contribution in [3.05, 3.63) is 0 Å². The molecule has 0 aromatic carbocycles. The molecule has 1 amide bonds. The van der Waals surface area contributed by atoms with Crippen LogP contribution in [0.25, 0.3) is 0 Å². The highest BCUT2D eigenvalue weighted by molar-refractivity contribution is 5.82. The lowest BCUT2D eigenvalue weighted by Gasteiger charge is -2.26. The largest absolute Gasteiger partial charge is 0.481 e. The van der Waals surface area contributed by atoms with Crippen LogP contribution in [0.2, 0.25) is 0 Å². The van der Waals surface area contributed by atoms with E-state index >= 15 is 0 Å². The molecule has 94 valence electrons. The van der Waals surface area contributed by atoms with E-state index in [2.05, 4.69) is 5.32 Å². The molecule has 0 fully saturated rings. The van der Waals surface area contributed by atoms with Crippen molar-refractivity contribution in [1.82, 2.24) is 5.32 Å². The number of ether oxygens (including phenoxy) is 1. The molecular formula is C10H20N2O4. The van der Waals surface area contributed by atoms with E-state index in [0.717, 1.165) is 0 Å². The van der Waals surface area contributed by atoms with Gasteiger partial charge in [-0.1, -0.05) is 20.8 Å². The number of carboxylic acids is 1. The number of amides is 1. The van der Waals surface area contributed by atoms with Gasteiger partial charge in [0.25, 0.3) is 0 Å². The zero-order valence-corrected chi connectivity index (χ0v) is 9.95. The van der Waals surface area contributed by atoms with Gasteiger partial charge in [-0.05, 0) is 5.41 Å². The molecule has 0 spiro atoms. The zero-order valence-electron chi connectivity index (χ0n) is 9.95. The first-order valence-corrected chi connectivity index (χ1v) is 5.06. The topological polar surface area (TPSA) is 102 Å². The van der Waals surface area contributed by atoms with Gasteiger partial charge in [0, 0.05) is 6.42 Å². The summed E-state index contributed by atoms with van der Waals surface area (Å²) in [5.74, 6) is -2.04. The molecule has 0 aliphatic carbocycles. The Morgan fingerprint density at radius 3 is 2.38 bits per heavy atom. The van der Waals surface area contributed by atoms with Crippen LogP contribution in [0.5, 0.6) is 0 Å². The van der Waals surface area contributed by atoms with E-state index in [1.807, 2.05) is 0 Å². The van der Waals surface area contributed by atoms with Crippen molar-refractivity contribution in [1.29, 1.82) is 0 Å². The molecule has 0 heterocycles. The molecule has 1 atom stereocenters. The van der Waals surface area contributed by atoms with Crippen LogP contribution in [0.1, 0.15) is 27.2 Å². The summed E-state index contributed by atoms with van der Waals surface area (Å²) in [4.78, 5) is 22.4. The molecular weight excluding hydrogens is 212 g/mol. The van der Waals surface area contributed by atoms with Gasteiger partial charge in [0.05, 0.1) is 12.6 Å². The first-order chi connectivity index (χ1) is 7.29. The summed E-state index contributed by atoms with van der Waals surface area (Å²) in [6.45, 7) is 5.38. The molecule has 1 unspecified atom stereocenters. The summed E-state index contributed by atoms with van der Waals surface area (Å²) in [5.41, 5.74) is 4.61. The first kappa shape index (κ1) is 14.9. The number of nitrogens with two attached hydrogens (primary N) is 1. The summed E-state index contributed by atoms with van der Waals surface area (Å²) in [6.07, 6.45) is -0.0627. The summed E-state index contributed by atoms with van der Waals surface area (Å²) in [5, 5.41) is 11.4. The van der Waals surface area contributed by atoms with Crippen molar-refractivity contribution in [2.24, 2.45) is 17.1 Å². The Morgan fingerprint density at radius 2 is 2.00 bits per heavy atom. The van der Waals surface area contributed by atoms with Crippen molar-refractivity contribution in [2.45, 2.75) is 27.2 Å². The summed E-state index contributed by atoms with van der Waals surface area (Å²) < 4.78 is 4.73. The van der Waals surface area contributed by atoms with E-state index in [1.54, 1.807) is 20.8 Å². The van der Waals surface area contributed by atoms with E-state index in [0.29, 0.717) is 0 Å². The highest BCUT2D eigenvalue weighted by Gasteiger charge is 2.32. The SMILES string of the molecule is CC(C)(C)C(CC(=O)NCOCN)C(=O)O. The second-order valence-corrected chi connectivity index (χ2v) is 4.58. The molecule has 0 aromatic heterocycles. The Morgan fingerprint density at radius 1 is 1.44 bits per heavy atom. The van der Waals surface area contributed by atoms with E-state index in [4.69, 9.17) is 15.6 Å². The monoisotopic (exact) mass is 232 g/mol. The standard InChI is InChI=1S/C10H20N2O4/c1-10(2,3)7(9(14)15)4-8(13)12-6-16-5-11/h7H,4-6,11H2,1-3H3,(H,12,13)(H,14,15). The molecule has 0 radical (unpaired) electrons. The van der Waals surface area contributed by atoms with Crippen molar-refractivity contribution in [3.63, 3.8) is 0 Å². The summed E-state index contributed by atoms with van der Waals surface area (Å²) >= 11 is 0. The second-order valence-electron chi connectivity index (χ2n) is 4.58. The minimum Gasteiger partial charge on any atom is -0.481 e. The molecule has 4 N–H and O–H groups in total. The molecule has 0 saturated heterocycles. The van der Waals surface area contributed by atoms with E-state index in [-0.39, 0.29) is 25.8 Å². The average molecular weight is 232 g/mol. The first-order valence-electron chi connectivity index (χ1n) is 5.06. The van der Waals surface area contributed by atoms with Gasteiger partial charge in [-0.3, -0.25) is 9.59 Å². The predicted molar refractivity (Wildman–Crippen MR) is 58.3 cm³/mol. The van der Waals surface area contributed by atoms with Gasteiger partial charge in [0.15, 0.2) is 0 Å². The smallest absolute Gasteiger partial charge is 0.307 e. The van der Waals surface area contributed by atoms with Gasteiger partial charge in [-0.25, -0.2) is 0 Å². The van der Waals surface area contributed by atoms with Gasteiger partial charge < -0.3 is 20.9 Å². The van der Waals surface area contributed by atoms with Gasteiger partial charge in [-0.15, -0.1) is 0 Å². The van der Waals surface area contributed by atoms with Crippen LogP contribution in [0.3, 0.4) is 0 Å². The maximum absolute atomic E-state index is 11.4. The third-order valence-corrected chi connectivity index (χ3v) is 2.22. The minimum atomic E-state index is -0.970. The van der Waals surface area contributed by atoms with Gasteiger partial charge in [-0.2, -0.15) is 0 Å². The number of carboxylic acid groups (broad SMARTS) is 1. The minimum absolute atomic E-state index is 0.00577. The number of hydrogen-bond acceptors (Lipinski definition) is 4. The number of carbonyl (C=O) groups excluding carboxylic acids is 1. The Kier molecular flexibility index (Phi) is 5.98. The lowest BCUT2D eigenvalue weighted by atomic mass is 9.78. The zero-order chi connectivity index (χ0) is 12.8. The van der Waals surface area contributed by atoms with Gasteiger partial charge in [0.1, 0.15) is 6.73 Å². The van der Waals surface area contributed by atoms with Crippen LogP contribution >= 0.6 is 0 Å². The van der Waals surface area contributed by atoms with Gasteiger partial charge in [0.2, 0.25) is 5.91 Å². The normalized spacial score (nSPS) is 13.2. The summed E-state index contributed by atoms with van der Waals surface area (Å²) in [7, 11) is 0. The number of rotatable bonds is 6. The fourth-order valence-electron chi connectivity index (χ4n) is 1.21. The van der Waals surface area contributed by atoms with E-state index in [9.17, 15) is 9.59 Å². The molecule has 6 heteroatoms. The van der Waals surface area contributed by atoms with Crippen LogP contribution in [0.4, 0.5) is 0 Å². The highest BCUT2D eigenvalue weighted by atomic mass is 16.5. The third kappa shape index (κ3) is 5.67. The Bertz CT molecular complexity index is 248. The van der Waals surface area contributed by atoms with Crippen molar-refractivity contribution >= 4 is 11.9 Å². The lowest BCUT2D eigenvalue weighted by molar-refractivity contribution is -0.148. The van der Waals surface area contributed by atoms with Crippen molar-refractivity contribution in [3.8, 4) is 0 Å². The Hall–Kier alpha value is -1.14. The fraction of sp³-hybridized carbons (Fsp3) is 0.800. The van der Waals surface area contributed by atoms with Gasteiger partial charge >= 0.3 is 5.97 Å². The molecule has 16 heavy (non-hydrogen) atoms. The second kappa shape index (κ2) is 6.44. The van der Waals surface area contributed by atoms with Crippen LogP contribution in [-0.2, 0) is 14.3 Å². The lowest BCUT2D eigenvalue weighted by Crippen LogP contribution is -2.36. The van der Waals surface area contributed by atoms with Crippen LogP contribution in [0.15, 0.2) is 0 Å². The van der Waals surface area contributed by atoms with E-state index < -0.39 is 17.3 Å². The predicted octanol–water partition coefficient (Wildman–Crippen LogP) is 0.130. The molecule has 6 nitrogen and oxygen atoms in total. The molecule has 0 saturated carbocycles. The highest BCUT2D eigenvalue weighted by Crippen LogP contribution is 2.28. The number of nitrogens with one attached hydrogen (secondary N) is 1. The number of carbonyl (C=O) groups is 2. The van der Waals surface area contributed by atoms with E-state index in [1.165, 1.54) is 0 Å². The van der Waals surface area contributed by atoms with Crippen LogP contribution in [-0.4, -0.2) is 30.4 Å². The van der Waals surface area contributed by atoms with Crippen LogP contribution in [0, 0.1) is 11.3 Å². The Balaban J connectivity index is 4.21. The number of hydrogen-bond donors (Lipinski definition) is 3.